The molecule has 0 amide bonds. The third kappa shape index (κ3) is 2.70. The molecule has 0 saturated heterocycles. The van der Waals surface area contributed by atoms with Crippen molar-refractivity contribution >= 4 is 17.7 Å². The van der Waals surface area contributed by atoms with Crippen LogP contribution >= 0.6 is 11.8 Å². The minimum atomic E-state index is -0.192. The van der Waals surface area contributed by atoms with Gasteiger partial charge in [0, 0.05) is 19.8 Å². The quantitative estimate of drug-likeness (QED) is 0.784. The normalized spacial score (nSPS) is 10.6. The topological polar surface area (TPSA) is 88.5 Å². The van der Waals surface area contributed by atoms with Crippen molar-refractivity contribution in [3.8, 4) is 0 Å². The Kier molecular flexibility index (Phi) is 3.98. The first kappa shape index (κ1) is 12.6. The van der Waals surface area contributed by atoms with Crippen LogP contribution < -0.4 is 11.0 Å². The second-order valence-electron chi connectivity index (χ2n) is 3.53. The summed E-state index contributed by atoms with van der Waals surface area (Å²) < 4.78 is 1.60. The molecule has 0 aliphatic carbocycles. The molecule has 0 aromatic carbocycles. The third-order valence-corrected chi connectivity index (χ3v) is 3.15. The molecule has 2 heterocycles. The van der Waals surface area contributed by atoms with Gasteiger partial charge in [0.2, 0.25) is 5.95 Å². The van der Waals surface area contributed by atoms with Crippen LogP contribution in [-0.2, 0) is 6.54 Å². The summed E-state index contributed by atoms with van der Waals surface area (Å²) in [5.74, 6) is 0.542. The second-order valence-corrected chi connectivity index (χ2v) is 4.52. The van der Waals surface area contributed by atoms with Gasteiger partial charge >= 0.3 is 5.69 Å². The lowest BCUT2D eigenvalue weighted by atomic mass is 10.5. The number of nitrogens with one attached hydrogen (secondary N) is 2. The average Bonchev–Trinajstić information content (AvgIpc) is 2.72. The molecule has 0 bridgehead atoms. The molecule has 7 nitrogen and oxygen atoms in total. The Hall–Kier alpha value is -1.83. The fraction of sp³-hybridized carbons (Fsp3) is 0.400. The van der Waals surface area contributed by atoms with E-state index in [-0.39, 0.29) is 5.69 Å². The summed E-state index contributed by atoms with van der Waals surface area (Å²) in [5, 5.41) is 10.7. The van der Waals surface area contributed by atoms with Gasteiger partial charge in [0.25, 0.3) is 0 Å². The molecule has 0 aliphatic heterocycles. The standard InChI is InChI=1S/C10H14N6OS/c1-3-6-16-9(17)14-15-10(16)18-7-4-5-12-8(11-2)13-7/h4-5H,3,6H2,1-2H3,(H,14,17)(H,11,12,13). The first-order valence-electron chi connectivity index (χ1n) is 5.58. The first-order valence-corrected chi connectivity index (χ1v) is 6.40. The molecule has 0 unspecified atom stereocenters. The Labute approximate surface area is 108 Å². The average molecular weight is 266 g/mol. The van der Waals surface area contributed by atoms with E-state index in [4.69, 9.17) is 0 Å². The van der Waals surface area contributed by atoms with Gasteiger partial charge in [-0.25, -0.2) is 19.9 Å². The molecule has 2 aromatic heterocycles. The Bertz CT molecular complexity index is 578. The van der Waals surface area contributed by atoms with E-state index in [9.17, 15) is 4.79 Å². The first-order chi connectivity index (χ1) is 8.74. The lowest BCUT2D eigenvalue weighted by molar-refractivity contribution is 0.603. The van der Waals surface area contributed by atoms with Crippen LogP contribution in [0.3, 0.4) is 0 Å². The van der Waals surface area contributed by atoms with Crippen molar-refractivity contribution in [3.05, 3.63) is 22.7 Å². The molecule has 0 atom stereocenters. The lowest BCUT2D eigenvalue weighted by Crippen LogP contribution is -2.17. The van der Waals surface area contributed by atoms with Gasteiger partial charge in [0.1, 0.15) is 5.03 Å². The monoisotopic (exact) mass is 266 g/mol. The molecule has 2 rings (SSSR count). The van der Waals surface area contributed by atoms with E-state index >= 15 is 0 Å². The number of rotatable bonds is 5. The maximum absolute atomic E-state index is 11.5. The maximum Gasteiger partial charge on any atom is 0.343 e. The van der Waals surface area contributed by atoms with Crippen molar-refractivity contribution in [1.29, 1.82) is 0 Å². The molecule has 18 heavy (non-hydrogen) atoms. The van der Waals surface area contributed by atoms with E-state index in [0.29, 0.717) is 17.6 Å². The number of anilines is 1. The van der Waals surface area contributed by atoms with Crippen LogP contribution in [0, 0.1) is 0 Å². The Morgan fingerprint density at radius 1 is 1.56 bits per heavy atom. The van der Waals surface area contributed by atoms with Gasteiger partial charge < -0.3 is 5.32 Å². The van der Waals surface area contributed by atoms with E-state index in [1.54, 1.807) is 23.9 Å². The van der Waals surface area contributed by atoms with Gasteiger partial charge in [-0.1, -0.05) is 6.92 Å². The van der Waals surface area contributed by atoms with Crippen molar-refractivity contribution in [2.75, 3.05) is 12.4 Å². The summed E-state index contributed by atoms with van der Waals surface area (Å²) in [6, 6.07) is 1.78. The highest BCUT2D eigenvalue weighted by Gasteiger charge is 2.10. The van der Waals surface area contributed by atoms with Crippen LogP contribution in [0.4, 0.5) is 5.95 Å². The highest BCUT2D eigenvalue weighted by Crippen LogP contribution is 2.23. The van der Waals surface area contributed by atoms with Gasteiger partial charge in [0.05, 0.1) is 0 Å². The zero-order valence-electron chi connectivity index (χ0n) is 10.2. The number of hydrogen-bond donors (Lipinski definition) is 2. The van der Waals surface area contributed by atoms with Gasteiger partial charge in [-0.05, 0) is 24.2 Å². The summed E-state index contributed by atoms with van der Waals surface area (Å²) in [4.78, 5) is 19.8. The molecule has 0 radical (unpaired) electrons. The number of aromatic amines is 1. The predicted molar refractivity (Wildman–Crippen MR) is 68.8 cm³/mol. The maximum atomic E-state index is 11.5. The van der Waals surface area contributed by atoms with Crippen LogP contribution in [0.1, 0.15) is 13.3 Å². The zero-order valence-corrected chi connectivity index (χ0v) is 11.0. The number of aromatic nitrogens is 5. The van der Waals surface area contributed by atoms with E-state index < -0.39 is 0 Å². The van der Waals surface area contributed by atoms with Gasteiger partial charge in [-0.3, -0.25) is 4.57 Å². The van der Waals surface area contributed by atoms with Crippen molar-refractivity contribution in [1.82, 2.24) is 24.7 Å². The summed E-state index contributed by atoms with van der Waals surface area (Å²) in [6.45, 7) is 2.65. The number of nitrogens with zero attached hydrogens (tertiary/aromatic N) is 4. The van der Waals surface area contributed by atoms with E-state index in [0.717, 1.165) is 11.4 Å². The molecule has 0 fully saturated rings. The van der Waals surface area contributed by atoms with Crippen LogP contribution in [0.15, 0.2) is 27.2 Å². The molecular formula is C10H14N6OS. The Balaban J connectivity index is 2.25. The van der Waals surface area contributed by atoms with E-state index in [2.05, 4.69) is 25.5 Å². The number of hydrogen-bond acceptors (Lipinski definition) is 6. The van der Waals surface area contributed by atoms with Gasteiger partial charge in [-0.15, -0.1) is 5.10 Å². The number of H-pyrrole nitrogens is 1. The summed E-state index contributed by atoms with van der Waals surface area (Å²) >= 11 is 1.33. The molecule has 0 aliphatic rings. The minimum Gasteiger partial charge on any atom is -0.357 e. The zero-order chi connectivity index (χ0) is 13.0. The molecule has 8 heteroatoms. The lowest BCUT2D eigenvalue weighted by Gasteiger charge is -2.03. The molecular weight excluding hydrogens is 252 g/mol. The Morgan fingerprint density at radius 3 is 3.11 bits per heavy atom. The SMILES string of the molecule is CCCn1c(Sc2ccnc(NC)n2)n[nH]c1=O. The van der Waals surface area contributed by atoms with Crippen LogP contribution in [0.2, 0.25) is 0 Å². The molecule has 2 N–H and O–H groups in total. The molecule has 2 aromatic rings. The van der Waals surface area contributed by atoms with Crippen molar-refractivity contribution < 1.29 is 0 Å². The van der Waals surface area contributed by atoms with Gasteiger partial charge in [-0.2, -0.15) is 0 Å². The minimum absolute atomic E-state index is 0.192. The van der Waals surface area contributed by atoms with E-state index in [1.165, 1.54) is 11.8 Å². The summed E-state index contributed by atoms with van der Waals surface area (Å²) in [5.41, 5.74) is -0.192. The molecule has 0 saturated carbocycles. The summed E-state index contributed by atoms with van der Waals surface area (Å²) in [7, 11) is 1.76. The fourth-order valence-corrected chi connectivity index (χ4v) is 2.24. The highest BCUT2D eigenvalue weighted by atomic mass is 32.2. The highest BCUT2D eigenvalue weighted by molar-refractivity contribution is 7.99. The predicted octanol–water partition coefficient (Wildman–Crippen LogP) is 0.964. The van der Waals surface area contributed by atoms with Crippen LogP contribution in [0.25, 0.3) is 0 Å². The van der Waals surface area contributed by atoms with E-state index in [1.807, 2.05) is 6.92 Å². The molecule has 96 valence electrons. The van der Waals surface area contributed by atoms with Crippen LogP contribution in [0.5, 0.6) is 0 Å². The fourth-order valence-electron chi connectivity index (χ4n) is 1.41. The third-order valence-electron chi connectivity index (χ3n) is 2.22. The summed E-state index contributed by atoms with van der Waals surface area (Å²) in [6.07, 6.45) is 2.54. The van der Waals surface area contributed by atoms with Gasteiger partial charge in [0.15, 0.2) is 5.16 Å². The smallest absolute Gasteiger partial charge is 0.343 e. The van der Waals surface area contributed by atoms with Crippen LogP contribution in [-0.4, -0.2) is 31.8 Å². The van der Waals surface area contributed by atoms with Crippen molar-refractivity contribution in [2.24, 2.45) is 0 Å². The molecule has 0 spiro atoms. The Morgan fingerprint density at radius 2 is 2.39 bits per heavy atom. The second kappa shape index (κ2) is 5.67. The van der Waals surface area contributed by atoms with Crippen molar-refractivity contribution in [2.45, 2.75) is 30.1 Å². The largest absolute Gasteiger partial charge is 0.357 e. The van der Waals surface area contributed by atoms with Crippen molar-refractivity contribution in [3.63, 3.8) is 0 Å².